The Balaban J connectivity index is 1.87. The Morgan fingerprint density at radius 3 is 2.62 bits per heavy atom. The minimum absolute atomic E-state index is 0.0236. The van der Waals surface area contributed by atoms with E-state index in [1.54, 1.807) is 23.8 Å². The summed E-state index contributed by atoms with van der Waals surface area (Å²) in [6.45, 7) is 13.9. The second-order valence-corrected chi connectivity index (χ2v) is 16.3. The van der Waals surface area contributed by atoms with Crippen molar-refractivity contribution in [3.63, 3.8) is 0 Å². The van der Waals surface area contributed by atoms with Gasteiger partial charge in [0, 0.05) is 32.5 Å². The van der Waals surface area contributed by atoms with E-state index < -0.39 is 31.9 Å². The molecule has 9 heteroatoms. The third kappa shape index (κ3) is 5.51. The summed E-state index contributed by atoms with van der Waals surface area (Å²) in [5.74, 6) is -0.558. The molecule has 0 spiro atoms. The van der Waals surface area contributed by atoms with E-state index in [0.717, 1.165) is 19.3 Å². The lowest BCUT2D eigenvalue weighted by molar-refractivity contribution is -0.147. The van der Waals surface area contributed by atoms with Crippen molar-refractivity contribution in [3.8, 4) is 0 Å². The van der Waals surface area contributed by atoms with E-state index >= 15 is 0 Å². The van der Waals surface area contributed by atoms with Crippen LogP contribution in [-0.2, 0) is 18.8 Å². The van der Waals surface area contributed by atoms with Crippen molar-refractivity contribution in [1.29, 1.82) is 0 Å². The first-order chi connectivity index (χ1) is 15.8. The number of nitrogens with zero attached hydrogens (tertiary/aromatic N) is 2. The molecular formula is C25H43N3O5Si. The number of nitrogens with one attached hydrogen (secondary N) is 1. The Morgan fingerprint density at radius 2 is 1.97 bits per heavy atom. The fourth-order valence-electron chi connectivity index (χ4n) is 4.64. The van der Waals surface area contributed by atoms with Crippen molar-refractivity contribution >= 4 is 26.2 Å². The van der Waals surface area contributed by atoms with E-state index in [0.29, 0.717) is 25.9 Å². The minimum atomic E-state index is -2.08. The number of ether oxygens (including phenoxy) is 1. The molecule has 0 radical (unpaired) electrons. The molecule has 3 rings (SSSR count). The summed E-state index contributed by atoms with van der Waals surface area (Å²) in [4.78, 5) is 43.1. The maximum Gasteiger partial charge on any atom is 0.332 e. The second-order valence-electron chi connectivity index (χ2n) is 11.5. The molecule has 8 nitrogen and oxygen atoms in total. The molecule has 2 heterocycles. The number of hydrogen-bond acceptors (Lipinski definition) is 5. The fourth-order valence-corrected chi connectivity index (χ4v) is 6.00. The van der Waals surface area contributed by atoms with Gasteiger partial charge in [0.1, 0.15) is 11.6 Å². The Morgan fingerprint density at radius 1 is 1.26 bits per heavy atom. The van der Waals surface area contributed by atoms with Gasteiger partial charge >= 0.3 is 12.0 Å². The molecule has 3 amide bonds. The molecule has 0 aromatic carbocycles. The predicted molar refractivity (Wildman–Crippen MR) is 134 cm³/mol. The van der Waals surface area contributed by atoms with Gasteiger partial charge in [0.25, 0.3) is 0 Å². The van der Waals surface area contributed by atoms with Crippen molar-refractivity contribution in [2.75, 3.05) is 26.7 Å². The van der Waals surface area contributed by atoms with Gasteiger partial charge in [0.2, 0.25) is 5.91 Å². The second kappa shape index (κ2) is 10.0. The highest BCUT2D eigenvalue weighted by molar-refractivity contribution is 6.74. The average Bonchev–Trinajstić information content (AvgIpc) is 3.27. The van der Waals surface area contributed by atoms with Crippen LogP contribution in [0.1, 0.15) is 59.8 Å². The summed E-state index contributed by atoms with van der Waals surface area (Å²) >= 11 is 0. The topological polar surface area (TPSA) is 88.2 Å². The van der Waals surface area contributed by atoms with Gasteiger partial charge in [-0.25, -0.2) is 9.59 Å². The molecule has 1 aliphatic carbocycles. The standard InChI is InChI=1S/C25H43N3O5Si/c1-8-32-22(30)25-16-18(25)13-11-9-10-12-14-27(5)21(29)20-15-19(17-28(20)23(31)26-25)33-34(6,7)24(2,3)4/h11,13,18-20H,8-10,12,14-17H2,1-7H3,(H,26,31)/b13-11-/t18-,19-,20+,25-/m1/s1. The van der Waals surface area contributed by atoms with Crippen LogP contribution in [0.25, 0.3) is 0 Å². The van der Waals surface area contributed by atoms with Gasteiger partial charge in [-0.15, -0.1) is 0 Å². The van der Waals surface area contributed by atoms with Gasteiger partial charge in [0.05, 0.1) is 12.7 Å². The highest BCUT2D eigenvalue weighted by Crippen LogP contribution is 2.46. The summed E-state index contributed by atoms with van der Waals surface area (Å²) in [6, 6.07) is -0.996. The van der Waals surface area contributed by atoms with Gasteiger partial charge in [-0.2, -0.15) is 0 Å². The zero-order valence-electron chi connectivity index (χ0n) is 22.0. The van der Waals surface area contributed by atoms with Crippen molar-refractivity contribution in [1.82, 2.24) is 15.1 Å². The van der Waals surface area contributed by atoms with E-state index in [1.165, 1.54) is 0 Å². The number of amides is 3. The maximum atomic E-state index is 13.5. The number of likely N-dealkylation sites (N-methyl/N-ethyl adjacent to an activating group) is 1. The van der Waals surface area contributed by atoms with Crippen LogP contribution < -0.4 is 5.32 Å². The average molecular weight is 494 g/mol. The molecule has 2 aliphatic heterocycles. The summed E-state index contributed by atoms with van der Waals surface area (Å²) in [5.41, 5.74) is -1.05. The minimum Gasteiger partial charge on any atom is -0.464 e. The number of carbonyl (C=O) groups excluding carboxylic acids is 3. The summed E-state index contributed by atoms with van der Waals surface area (Å²) in [7, 11) is -0.280. The lowest BCUT2D eigenvalue weighted by Gasteiger charge is -2.38. The molecule has 3 aliphatic rings. The Hall–Kier alpha value is -1.87. The zero-order valence-corrected chi connectivity index (χ0v) is 23.0. The monoisotopic (exact) mass is 493 g/mol. The fraction of sp³-hybridized carbons (Fsp3) is 0.800. The number of hydrogen-bond donors (Lipinski definition) is 1. The van der Waals surface area contributed by atoms with E-state index in [4.69, 9.17) is 9.16 Å². The van der Waals surface area contributed by atoms with E-state index in [1.807, 2.05) is 6.08 Å². The first-order valence-electron chi connectivity index (χ1n) is 12.7. The summed E-state index contributed by atoms with van der Waals surface area (Å²) < 4.78 is 11.9. The molecule has 0 bridgehead atoms. The first-order valence-corrected chi connectivity index (χ1v) is 15.6. The van der Waals surface area contributed by atoms with Gasteiger partial charge < -0.3 is 24.3 Å². The van der Waals surface area contributed by atoms with Crippen molar-refractivity contribution in [2.24, 2.45) is 5.92 Å². The number of urea groups is 1. The van der Waals surface area contributed by atoms with Crippen LogP contribution >= 0.6 is 0 Å². The predicted octanol–water partition coefficient (Wildman–Crippen LogP) is 3.68. The summed E-state index contributed by atoms with van der Waals surface area (Å²) in [6.07, 6.45) is 7.62. The normalized spacial score (nSPS) is 31.8. The number of allylic oxidation sites excluding steroid dienone is 1. The Bertz CT molecular complexity index is 824. The maximum absolute atomic E-state index is 13.5. The van der Waals surface area contributed by atoms with E-state index in [9.17, 15) is 14.4 Å². The Labute approximate surface area is 205 Å². The molecular weight excluding hydrogens is 450 g/mol. The number of esters is 1. The van der Waals surface area contributed by atoms with Gasteiger partial charge in [-0.1, -0.05) is 32.9 Å². The molecule has 2 fully saturated rings. The molecule has 1 saturated carbocycles. The largest absolute Gasteiger partial charge is 0.464 e. The van der Waals surface area contributed by atoms with E-state index in [-0.39, 0.29) is 29.6 Å². The lowest BCUT2D eigenvalue weighted by Crippen LogP contribution is -2.55. The number of rotatable bonds is 4. The third-order valence-electron chi connectivity index (χ3n) is 7.92. The molecule has 0 unspecified atom stereocenters. The highest BCUT2D eigenvalue weighted by Gasteiger charge is 2.62. The molecule has 1 saturated heterocycles. The number of carbonyl (C=O) groups is 3. The van der Waals surface area contributed by atoms with E-state index in [2.05, 4.69) is 45.3 Å². The molecule has 34 heavy (non-hydrogen) atoms. The molecule has 192 valence electrons. The van der Waals surface area contributed by atoms with Crippen LogP contribution in [0.2, 0.25) is 18.1 Å². The van der Waals surface area contributed by atoms with Crippen LogP contribution in [0, 0.1) is 5.92 Å². The first kappa shape index (κ1) is 26.7. The van der Waals surface area contributed by atoms with Crippen LogP contribution in [0.15, 0.2) is 12.2 Å². The van der Waals surface area contributed by atoms with Gasteiger partial charge in [-0.05, 0) is 50.7 Å². The quantitative estimate of drug-likeness (QED) is 0.367. The van der Waals surface area contributed by atoms with Crippen LogP contribution in [0.5, 0.6) is 0 Å². The van der Waals surface area contributed by atoms with Crippen LogP contribution in [0.3, 0.4) is 0 Å². The van der Waals surface area contributed by atoms with Gasteiger partial charge in [-0.3, -0.25) is 4.79 Å². The van der Waals surface area contributed by atoms with Crippen LogP contribution in [0.4, 0.5) is 4.79 Å². The third-order valence-corrected chi connectivity index (χ3v) is 12.5. The van der Waals surface area contributed by atoms with Crippen LogP contribution in [-0.4, -0.2) is 80.5 Å². The highest BCUT2D eigenvalue weighted by atomic mass is 28.4. The zero-order chi connectivity index (χ0) is 25.3. The lowest BCUT2D eigenvalue weighted by atomic mass is 10.1. The van der Waals surface area contributed by atoms with Crippen molar-refractivity contribution < 1.29 is 23.5 Å². The molecule has 1 N–H and O–H groups in total. The molecule has 0 aromatic rings. The SMILES string of the molecule is CCOC(=O)[C@@]12C[C@H]1/C=C\CCCCN(C)C(=O)[C@@H]1C[C@@H](O[Si](C)(C)C(C)(C)C)CN1C(=O)N2. The van der Waals surface area contributed by atoms with Crippen molar-refractivity contribution in [2.45, 2.75) is 95.6 Å². The molecule has 0 aromatic heterocycles. The molecule has 4 atom stereocenters. The number of fused-ring (bicyclic) bond motifs is 2. The van der Waals surface area contributed by atoms with Gasteiger partial charge in [0.15, 0.2) is 8.32 Å². The summed E-state index contributed by atoms with van der Waals surface area (Å²) in [5, 5.41) is 3.00. The Kier molecular flexibility index (Phi) is 7.87. The van der Waals surface area contributed by atoms with Crippen molar-refractivity contribution in [3.05, 3.63) is 12.2 Å². The smallest absolute Gasteiger partial charge is 0.332 e.